The van der Waals surface area contributed by atoms with Crippen molar-refractivity contribution in [3.05, 3.63) is 70.7 Å². The number of carbonyl (C=O) groups excluding carboxylic acids is 2. The van der Waals surface area contributed by atoms with Gasteiger partial charge in [0.15, 0.2) is 6.61 Å². The summed E-state index contributed by atoms with van der Waals surface area (Å²) in [5.74, 6) is 0.950. The normalized spacial score (nSPS) is 10.5. The van der Waals surface area contributed by atoms with E-state index < -0.39 is 11.8 Å². The van der Waals surface area contributed by atoms with Crippen molar-refractivity contribution in [2.75, 3.05) is 6.61 Å². The summed E-state index contributed by atoms with van der Waals surface area (Å²) in [5, 5.41) is 4.47. The fourth-order valence-electron chi connectivity index (χ4n) is 2.61. The summed E-state index contributed by atoms with van der Waals surface area (Å²) in [6.07, 6.45) is 1.61. The Bertz CT molecular complexity index is 1030. The van der Waals surface area contributed by atoms with Gasteiger partial charge in [-0.1, -0.05) is 17.3 Å². The lowest BCUT2D eigenvalue weighted by Crippen LogP contribution is -2.44. The van der Waals surface area contributed by atoms with Gasteiger partial charge in [0.05, 0.1) is 11.3 Å². The highest BCUT2D eigenvalue weighted by Crippen LogP contribution is 2.27. The van der Waals surface area contributed by atoms with Crippen molar-refractivity contribution in [2.24, 2.45) is 0 Å². The number of nitrogens with zero attached hydrogens (tertiary/aromatic N) is 2. The van der Waals surface area contributed by atoms with E-state index in [1.807, 2.05) is 39.0 Å². The lowest BCUT2D eigenvalue weighted by Gasteiger charge is -2.11. The standard InChI is InChI=1S/C21H22N4O4S/c1-13-6-4-7-16(10-13)28-11-19(26)23-24-20(27)17-8-5-9-22-21(17)30-12-18-14(2)25-29-15(18)3/h4-10H,11-12H2,1-3H3,(H,23,26)(H,24,27). The van der Waals surface area contributed by atoms with Crippen LogP contribution in [0.2, 0.25) is 0 Å². The number of carbonyl (C=O) groups is 2. The first kappa shape index (κ1) is 21.4. The van der Waals surface area contributed by atoms with Gasteiger partial charge in [-0.25, -0.2) is 4.98 Å². The SMILES string of the molecule is Cc1cccc(OCC(=O)NNC(=O)c2cccnc2SCc2c(C)noc2C)c1. The molecule has 30 heavy (non-hydrogen) atoms. The molecule has 2 N–H and O–H groups in total. The highest BCUT2D eigenvalue weighted by atomic mass is 32.2. The van der Waals surface area contributed by atoms with Crippen molar-refractivity contribution >= 4 is 23.6 Å². The molecule has 0 aliphatic carbocycles. The van der Waals surface area contributed by atoms with Crippen molar-refractivity contribution in [3.8, 4) is 5.75 Å². The number of hydrogen-bond acceptors (Lipinski definition) is 7. The summed E-state index contributed by atoms with van der Waals surface area (Å²) < 4.78 is 10.6. The number of benzene rings is 1. The summed E-state index contributed by atoms with van der Waals surface area (Å²) in [4.78, 5) is 28.8. The third-order valence-electron chi connectivity index (χ3n) is 4.23. The summed E-state index contributed by atoms with van der Waals surface area (Å²) in [5.41, 5.74) is 7.92. The molecular weight excluding hydrogens is 404 g/mol. The fraction of sp³-hybridized carbons (Fsp3) is 0.238. The van der Waals surface area contributed by atoms with Crippen LogP contribution in [-0.4, -0.2) is 28.6 Å². The summed E-state index contributed by atoms with van der Waals surface area (Å²) in [6.45, 7) is 5.43. The number of aryl methyl sites for hydroxylation is 3. The van der Waals surface area contributed by atoms with E-state index in [0.29, 0.717) is 22.1 Å². The molecule has 0 spiro atoms. The molecule has 0 aliphatic rings. The fourth-order valence-corrected chi connectivity index (χ4v) is 3.76. The van der Waals surface area contributed by atoms with Crippen LogP contribution in [0.1, 0.15) is 32.9 Å². The minimum Gasteiger partial charge on any atom is -0.484 e. The van der Waals surface area contributed by atoms with Crippen molar-refractivity contribution < 1.29 is 18.8 Å². The van der Waals surface area contributed by atoms with Gasteiger partial charge in [0.25, 0.3) is 11.8 Å². The zero-order valence-electron chi connectivity index (χ0n) is 16.9. The van der Waals surface area contributed by atoms with Crippen LogP contribution in [0.25, 0.3) is 0 Å². The third kappa shape index (κ3) is 5.60. The van der Waals surface area contributed by atoms with Gasteiger partial charge in [0, 0.05) is 17.5 Å². The summed E-state index contributed by atoms with van der Waals surface area (Å²) >= 11 is 1.40. The molecule has 0 saturated heterocycles. The topological polar surface area (TPSA) is 106 Å². The summed E-state index contributed by atoms with van der Waals surface area (Å²) in [7, 11) is 0. The highest BCUT2D eigenvalue weighted by Gasteiger charge is 2.16. The molecule has 0 radical (unpaired) electrons. The van der Waals surface area contributed by atoms with E-state index >= 15 is 0 Å². The first-order chi connectivity index (χ1) is 14.4. The number of aromatic nitrogens is 2. The Hall–Kier alpha value is -3.33. The molecule has 0 saturated carbocycles. The zero-order chi connectivity index (χ0) is 21.5. The molecule has 1 aromatic carbocycles. The van der Waals surface area contributed by atoms with E-state index in [-0.39, 0.29) is 6.61 Å². The zero-order valence-corrected chi connectivity index (χ0v) is 17.7. The largest absolute Gasteiger partial charge is 0.484 e. The van der Waals surface area contributed by atoms with Crippen molar-refractivity contribution in [2.45, 2.75) is 31.6 Å². The van der Waals surface area contributed by atoms with Crippen LogP contribution in [0.5, 0.6) is 5.75 Å². The van der Waals surface area contributed by atoms with E-state index in [0.717, 1.165) is 22.6 Å². The second-order valence-electron chi connectivity index (χ2n) is 6.55. The van der Waals surface area contributed by atoms with Crippen LogP contribution in [0.15, 0.2) is 52.1 Å². The molecule has 0 bridgehead atoms. The first-order valence-corrected chi connectivity index (χ1v) is 10.2. The van der Waals surface area contributed by atoms with Crippen LogP contribution in [-0.2, 0) is 10.5 Å². The van der Waals surface area contributed by atoms with E-state index in [4.69, 9.17) is 9.26 Å². The lowest BCUT2D eigenvalue weighted by molar-refractivity contribution is -0.123. The van der Waals surface area contributed by atoms with Crippen LogP contribution >= 0.6 is 11.8 Å². The van der Waals surface area contributed by atoms with Gasteiger partial charge in [-0.15, -0.1) is 11.8 Å². The molecule has 0 unspecified atom stereocenters. The molecule has 2 aromatic heterocycles. The van der Waals surface area contributed by atoms with Crippen LogP contribution < -0.4 is 15.6 Å². The van der Waals surface area contributed by atoms with Crippen LogP contribution in [0, 0.1) is 20.8 Å². The Kier molecular flexibility index (Phi) is 7.08. The second-order valence-corrected chi connectivity index (χ2v) is 7.52. The van der Waals surface area contributed by atoms with Gasteiger partial charge >= 0.3 is 0 Å². The molecule has 3 rings (SSSR count). The molecule has 3 aromatic rings. The highest BCUT2D eigenvalue weighted by molar-refractivity contribution is 7.98. The van der Waals surface area contributed by atoms with Gasteiger partial charge < -0.3 is 9.26 Å². The van der Waals surface area contributed by atoms with Gasteiger partial charge in [0.2, 0.25) is 0 Å². The number of hydrazine groups is 1. The maximum absolute atomic E-state index is 12.5. The van der Waals surface area contributed by atoms with Gasteiger partial charge in [0.1, 0.15) is 16.5 Å². The predicted octanol–water partition coefficient (Wildman–Crippen LogP) is 3.13. The molecule has 2 heterocycles. The number of rotatable bonds is 7. The number of pyridine rings is 1. The molecule has 156 valence electrons. The molecule has 0 aliphatic heterocycles. The second kappa shape index (κ2) is 9.93. The van der Waals surface area contributed by atoms with Crippen LogP contribution in [0.4, 0.5) is 0 Å². The molecule has 9 heteroatoms. The maximum atomic E-state index is 12.5. The Morgan fingerprint density at radius 1 is 1.13 bits per heavy atom. The predicted molar refractivity (Wildman–Crippen MR) is 112 cm³/mol. The quantitative estimate of drug-likeness (QED) is 0.442. The number of amides is 2. The maximum Gasteiger partial charge on any atom is 0.276 e. The number of nitrogens with one attached hydrogen (secondary N) is 2. The molecular formula is C21H22N4O4S. The Morgan fingerprint density at radius 3 is 2.70 bits per heavy atom. The van der Waals surface area contributed by atoms with E-state index in [9.17, 15) is 9.59 Å². The van der Waals surface area contributed by atoms with Crippen molar-refractivity contribution in [3.63, 3.8) is 0 Å². The third-order valence-corrected chi connectivity index (χ3v) is 5.26. The van der Waals surface area contributed by atoms with Gasteiger partial charge in [-0.3, -0.25) is 20.4 Å². The number of ether oxygens (including phenoxy) is 1. The lowest BCUT2D eigenvalue weighted by atomic mass is 10.2. The molecule has 0 atom stereocenters. The Morgan fingerprint density at radius 2 is 1.97 bits per heavy atom. The van der Waals surface area contributed by atoms with E-state index in [1.165, 1.54) is 11.8 Å². The van der Waals surface area contributed by atoms with E-state index in [1.54, 1.807) is 24.4 Å². The Labute approximate surface area is 178 Å². The monoisotopic (exact) mass is 426 g/mol. The average Bonchev–Trinajstić information content (AvgIpc) is 3.06. The first-order valence-electron chi connectivity index (χ1n) is 9.22. The number of thioether (sulfide) groups is 1. The minimum absolute atomic E-state index is 0.218. The minimum atomic E-state index is -0.473. The van der Waals surface area contributed by atoms with Crippen molar-refractivity contribution in [1.82, 2.24) is 21.0 Å². The summed E-state index contributed by atoms with van der Waals surface area (Å²) in [6, 6.07) is 10.7. The Balaban J connectivity index is 1.54. The molecule has 0 fully saturated rings. The number of hydrogen-bond donors (Lipinski definition) is 2. The average molecular weight is 426 g/mol. The smallest absolute Gasteiger partial charge is 0.276 e. The van der Waals surface area contributed by atoms with Crippen LogP contribution in [0.3, 0.4) is 0 Å². The van der Waals surface area contributed by atoms with Gasteiger partial charge in [-0.2, -0.15) is 0 Å². The molecule has 2 amide bonds. The van der Waals surface area contributed by atoms with E-state index in [2.05, 4.69) is 21.0 Å². The van der Waals surface area contributed by atoms with Gasteiger partial charge in [-0.05, 0) is 50.6 Å². The van der Waals surface area contributed by atoms with Crippen molar-refractivity contribution in [1.29, 1.82) is 0 Å². The molecule has 8 nitrogen and oxygen atoms in total.